The monoisotopic (exact) mass is 287 g/mol. The van der Waals surface area contributed by atoms with Gasteiger partial charge >= 0.3 is 6.18 Å². The van der Waals surface area contributed by atoms with E-state index >= 15 is 0 Å². The maximum Gasteiger partial charge on any atom is 0.417 e. The normalized spacial score (nSPS) is 11.4. The molecular weight excluding hydrogens is 281 g/mol. The number of hydrogen-bond acceptors (Lipinski definition) is 2. The zero-order valence-electron chi connectivity index (χ0n) is 9.71. The molecule has 20 heavy (non-hydrogen) atoms. The van der Waals surface area contributed by atoms with Gasteiger partial charge in [-0.25, -0.2) is 8.78 Å². The fourth-order valence-corrected chi connectivity index (χ4v) is 1.65. The first-order chi connectivity index (χ1) is 9.32. The molecule has 0 saturated heterocycles. The second kappa shape index (κ2) is 4.99. The van der Waals surface area contributed by atoms with E-state index in [0.717, 1.165) is 24.4 Å². The number of benzene rings is 1. The third kappa shape index (κ3) is 2.52. The molecule has 0 bridgehead atoms. The third-order valence-electron chi connectivity index (χ3n) is 2.57. The summed E-state index contributed by atoms with van der Waals surface area (Å²) in [6.07, 6.45) is -3.26. The van der Waals surface area contributed by atoms with Crippen molar-refractivity contribution in [3.8, 4) is 0 Å². The van der Waals surface area contributed by atoms with Crippen molar-refractivity contribution < 1.29 is 26.7 Å². The Bertz CT molecular complexity index is 666. The van der Waals surface area contributed by atoms with Gasteiger partial charge in [0.15, 0.2) is 17.4 Å². The van der Waals surface area contributed by atoms with Gasteiger partial charge in [0.25, 0.3) is 0 Å². The van der Waals surface area contributed by atoms with E-state index in [1.807, 2.05) is 0 Å². The number of nitrogens with zero attached hydrogens (tertiary/aromatic N) is 1. The zero-order valence-corrected chi connectivity index (χ0v) is 9.71. The van der Waals surface area contributed by atoms with E-state index < -0.39 is 40.3 Å². The molecule has 1 aromatic carbocycles. The van der Waals surface area contributed by atoms with Crippen LogP contribution in [0.4, 0.5) is 22.0 Å². The summed E-state index contributed by atoms with van der Waals surface area (Å²) in [6, 6.07) is 3.31. The number of halogens is 5. The lowest BCUT2D eigenvalue weighted by molar-refractivity contribution is -0.137. The van der Waals surface area contributed by atoms with E-state index in [2.05, 4.69) is 4.98 Å². The average molecular weight is 287 g/mol. The number of hydrogen-bond donors (Lipinski definition) is 0. The van der Waals surface area contributed by atoms with Crippen LogP contribution in [-0.4, -0.2) is 10.8 Å². The van der Waals surface area contributed by atoms with Gasteiger partial charge in [-0.05, 0) is 18.2 Å². The first kappa shape index (κ1) is 14.1. The average Bonchev–Trinajstić information content (AvgIpc) is 2.40. The molecule has 0 atom stereocenters. The number of pyridine rings is 1. The molecule has 0 amide bonds. The van der Waals surface area contributed by atoms with Gasteiger partial charge in [0.1, 0.15) is 0 Å². The van der Waals surface area contributed by atoms with Crippen LogP contribution in [0.1, 0.15) is 21.5 Å². The summed E-state index contributed by atoms with van der Waals surface area (Å²) in [7, 11) is 0. The second-order valence-electron chi connectivity index (χ2n) is 3.85. The minimum Gasteiger partial charge on any atom is -0.288 e. The van der Waals surface area contributed by atoms with Crippen LogP contribution >= 0.6 is 0 Å². The van der Waals surface area contributed by atoms with Crippen molar-refractivity contribution >= 4 is 5.78 Å². The first-order valence-corrected chi connectivity index (χ1v) is 5.32. The van der Waals surface area contributed by atoms with E-state index in [-0.39, 0.29) is 0 Å². The number of aromatic nitrogens is 1. The lowest BCUT2D eigenvalue weighted by Gasteiger charge is -2.11. The molecule has 0 aliphatic carbocycles. The molecule has 0 aliphatic heterocycles. The molecule has 2 nitrogen and oxygen atoms in total. The van der Waals surface area contributed by atoms with Crippen molar-refractivity contribution in [3.63, 3.8) is 0 Å². The SMILES string of the molecule is O=C(c1cnccc1C(F)(F)F)c1cccc(F)c1F. The van der Waals surface area contributed by atoms with E-state index in [1.54, 1.807) is 0 Å². The van der Waals surface area contributed by atoms with Gasteiger partial charge in [0.2, 0.25) is 0 Å². The summed E-state index contributed by atoms with van der Waals surface area (Å²) < 4.78 is 64.8. The van der Waals surface area contributed by atoms with Crippen LogP contribution in [-0.2, 0) is 6.18 Å². The Hall–Kier alpha value is -2.31. The molecule has 2 rings (SSSR count). The summed E-state index contributed by atoms with van der Waals surface area (Å²) in [5.41, 5.74) is -2.85. The molecule has 0 aliphatic rings. The number of rotatable bonds is 2. The maximum atomic E-state index is 13.5. The van der Waals surface area contributed by atoms with Crippen molar-refractivity contribution in [1.29, 1.82) is 0 Å². The highest BCUT2D eigenvalue weighted by Crippen LogP contribution is 2.32. The predicted octanol–water partition coefficient (Wildman–Crippen LogP) is 3.61. The molecule has 0 saturated carbocycles. The van der Waals surface area contributed by atoms with Crippen molar-refractivity contribution in [3.05, 3.63) is 65.0 Å². The minimum atomic E-state index is -4.79. The quantitative estimate of drug-likeness (QED) is 0.624. The highest BCUT2D eigenvalue weighted by Gasteiger charge is 2.36. The molecule has 0 spiro atoms. The highest BCUT2D eigenvalue weighted by molar-refractivity contribution is 6.10. The van der Waals surface area contributed by atoms with Crippen LogP contribution in [0.3, 0.4) is 0 Å². The fraction of sp³-hybridized carbons (Fsp3) is 0.0769. The second-order valence-corrected chi connectivity index (χ2v) is 3.85. The fourth-order valence-electron chi connectivity index (χ4n) is 1.65. The molecule has 2 aromatic rings. The van der Waals surface area contributed by atoms with Gasteiger partial charge in [-0.2, -0.15) is 13.2 Å². The topological polar surface area (TPSA) is 30.0 Å². The van der Waals surface area contributed by atoms with Gasteiger partial charge in [-0.1, -0.05) is 6.07 Å². The zero-order chi connectivity index (χ0) is 14.9. The van der Waals surface area contributed by atoms with Gasteiger partial charge in [-0.15, -0.1) is 0 Å². The molecule has 0 fully saturated rings. The summed E-state index contributed by atoms with van der Waals surface area (Å²) >= 11 is 0. The van der Waals surface area contributed by atoms with Crippen molar-refractivity contribution in [1.82, 2.24) is 4.98 Å². The molecule has 1 heterocycles. The highest BCUT2D eigenvalue weighted by atomic mass is 19.4. The Kier molecular flexibility index (Phi) is 3.52. The Morgan fingerprint density at radius 1 is 1.05 bits per heavy atom. The number of alkyl halides is 3. The molecule has 0 N–H and O–H groups in total. The summed E-state index contributed by atoms with van der Waals surface area (Å²) in [5, 5.41) is 0. The Morgan fingerprint density at radius 3 is 2.40 bits per heavy atom. The lowest BCUT2D eigenvalue weighted by atomic mass is 9.99. The largest absolute Gasteiger partial charge is 0.417 e. The van der Waals surface area contributed by atoms with E-state index in [1.165, 1.54) is 0 Å². The molecule has 0 radical (unpaired) electrons. The molecule has 104 valence electrons. The summed E-state index contributed by atoms with van der Waals surface area (Å²) in [5.74, 6) is -4.08. The smallest absolute Gasteiger partial charge is 0.288 e. The van der Waals surface area contributed by atoms with Crippen molar-refractivity contribution in [2.24, 2.45) is 0 Å². The Balaban J connectivity index is 2.58. The van der Waals surface area contributed by atoms with E-state index in [9.17, 15) is 26.7 Å². The lowest BCUT2D eigenvalue weighted by Crippen LogP contribution is -2.15. The van der Waals surface area contributed by atoms with E-state index in [4.69, 9.17) is 0 Å². The predicted molar refractivity (Wildman–Crippen MR) is 59.0 cm³/mol. The van der Waals surface area contributed by atoms with Crippen molar-refractivity contribution in [2.45, 2.75) is 6.18 Å². The Morgan fingerprint density at radius 2 is 1.75 bits per heavy atom. The molecule has 1 aromatic heterocycles. The van der Waals surface area contributed by atoms with Crippen LogP contribution in [0, 0.1) is 11.6 Å². The van der Waals surface area contributed by atoms with Crippen LogP contribution in [0.5, 0.6) is 0 Å². The third-order valence-corrected chi connectivity index (χ3v) is 2.57. The van der Waals surface area contributed by atoms with Crippen molar-refractivity contribution in [2.75, 3.05) is 0 Å². The summed E-state index contributed by atoms with van der Waals surface area (Å²) in [4.78, 5) is 15.4. The number of carbonyl (C=O) groups is 1. The Labute approximate surface area is 109 Å². The first-order valence-electron chi connectivity index (χ1n) is 5.32. The van der Waals surface area contributed by atoms with Crippen LogP contribution in [0.25, 0.3) is 0 Å². The molecule has 0 unspecified atom stereocenters. The standard InChI is InChI=1S/C13H6F5NO/c14-10-3-1-2-7(11(10)15)12(20)8-6-19-5-4-9(8)13(16,17)18/h1-6H. The van der Waals surface area contributed by atoms with Gasteiger partial charge in [-0.3, -0.25) is 9.78 Å². The van der Waals surface area contributed by atoms with Gasteiger partial charge in [0, 0.05) is 12.4 Å². The summed E-state index contributed by atoms with van der Waals surface area (Å²) in [6.45, 7) is 0. The van der Waals surface area contributed by atoms with E-state index in [0.29, 0.717) is 12.3 Å². The van der Waals surface area contributed by atoms with Gasteiger partial charge < -0.3 is 0 Å². The molecular formula is C13H6F5NO. The molecule has 7 heteroatoms. The van der Waals surface area contributed by atoms with Crippen LogP contribution in [0.2, 0.25) is 0 Å². The van der Waals surface area contributed by atoms with Gasteiger partial charge in [0.05, 0.1) is 16.7 Å². The number of carbonyl (C=O) groups excluding carboxylic acids is 1. The van der Waals surface area contributed by atoms with Crippen LogP contribution in [0.15, 0.2) is 36.7 Å². The maximum absolute atomic E-state index is 13.5. The minimum absolute atomic E-state index is 0.602. The van der Waals surface area contributed by atoms with Crippen LogP contribution < -0.4 is 0 Å². The number of ketones is 1.